The summed E-state index contributed by atoms with van der Waals surface area (Å²) in [6.07, 6.45) is 0. The van der Waals surface area contributed by atoms with Crippen LogP contribution in [0.3, 0.4) is 0 Å². The van der Waals surface area contributed by atoms with Gasteiger partial charge in [0.2, 0.25) is 11.8 Å². The lowest BCUT2D eigenvalue weighted by atomic mass is 9.98. The molecule has 0 radical (unpaired) electrons. The highest BCUT2D eigenvalue weighted by Crippen LogP contribution is 2.22. The van der Waals surface area contributed by atoms with Crippen LogP contribution >= 0.6 is 11.3 Å². The number of thiophene rings is 1. The Balaban J connectivity index is 1.52. The Morgan fingerprint density at radius 3 is 2.39 bits per heavy atom. The Hall–Kier alpha value is -2.67. The highest BCUT2D eigenvalue weighted by Gasteiger charge is 2.36. The summed E-state index contributed by atoms with van der Waals surface area (Å²) in [4.78, 5) is 37.5. The zero-order valence-electron chi connectivity index (χ0n) is 12.2. The maximum absolute atomic E-state index is 12.1. The van der Waals surface area contributed by atoms with E-state index in [0.29, 0.717) is 29.2 Å². The summed E-state index contributed by atoms with van der Waals surface area (Å²) in [5, 5.41) is 4.63. The van der Waals surface area contributed by atoms with Gasteiger partial charge in [0, 0.05) is 24.3 Å². The van der Waals surface area contributed by atoms with Crippen molar-refractivity contribution in [3.8, 4) is 0 Å². The second-order valence-corrected chi connectivity index (χ2v) is 6.26. The first kappa shape index (κ1) is 15.2. The van der Waals surface area contributed by atoms with Crippen molar-refractivity contribution >= 4 is 34.7 Å². The van der Waals surface area contributed by atoms with E-state index in [0.717, 1.165) is 0 Å². The van der Waals surface area contributed by atoms with E-state index in [-0.39, 0.29) is 17.7 Å². The summed E-state index contributed by atoms with van der Waals surface area (Å²) in [5.74, 6) is -0.888. The fourth-order valence-electron chi connectivity index (χ4n) is 2.33. The van der Waals surface area contributed by atoms with Crippen LogP contribution in [0.4, 0.5) is 5.69 Å². The third-order valence-corrected chi connectivity index (χ3v) is 4.57. The summed E-state index contributed by atoms with van der Waals surface area (Å²) >= 11 is 1.39. The van der Waals surface area contributed by atoms with Crippen molar-refractivity contribution in [2.75, 3.05) is 18.4 Å². The largest absolute Gasteiger partial charge is 0.366 e. The molecule has 3 amide bonds. The highest BCUT2D eigenvalue weighted by atomic mass is 32.1. The molecule has 2 heterocycles. The molecule has 0 atom stereocenters. The third kappa shape index (κ3) is 3.24. The van der Waals surface area contributed by atoms with Gasteiger partial charge in [-0.25, -0.2) is 0 Å². The number of nitrogens with zero attached hydrogens (tertiary/aromatic N) is 1. The molecule has 1 aliphatic heterocycles. The van der Waals surface area contributed by atoms with Crippen LogP contribution in [-0.4, -0.2) is 35.7 Å². The molecule has 1 saturated heterocycles. The number of amides is 3. The number of hydrogen-bond acceptors (Lipinski definition) is 4. The minimum atomic E-state index is -0.510. The van der Waals surface area contributed by atoms with E-state index in [1.54, 1.807) is 35.2 Å². The van der Waals surface area contributed by atoms with Crippen molar-refractivity contribution < 1.29 is 14.4 Å². The number of primary amides is 1. The van der Waals surface area contributed by atoms with Gasteiger partial charge in [0.25, 0.3) is 5.91 Å². The second kappa shape index (κ2) is 6.21. The third-order valence-electron chi connectivity index (χ3n) is 3.71. The molecule has 118 valence electrons. The molecule has 1 aromatic carbocycles. The van der Waals surface area contributed by atoms with Gasteiger partial charge in [-0.05, 0) is 35.7 Å². The van der Waals surface area contributed by atoms with Gasteiger partial charge in [0.15, 0.2) is 0 Å². The maximum atomic E-state index is 12.1. The SMILES string of the molecule is NC(=O)c1ccc(NC(=O)C2CN(C(=O)c3cccs3)C2)cc1. The fourth-order valence-corrected chi connectivity index (χ4v) is 3.02. The molecule has 23 heavy (non-hydrogen) atoms. The van der Waals surface area contributed by atoms with Gasteiger partial charge in [-0.3, -0.25) is 14.4 Å². The van der Waals surface area contributed by atoms with Crippen LogP contribution in [0.5, 0.6) is 0 Å². The summed E-state index contributed by atoms with van der Waals surface area (Å²) in [7, 11) is 0. The molecule has 0 bridgehead atoms. The Morgan fingerprint density at radius 2 is 1.83 bits per heavy atom. The van der Waals surface area contributed by atoms with Crippen molar-refractivity contribution in [3.63, 3.8) is 0 Å². The van der Waals surface area contributed by atoms with Gasteiger partial charge in [-0.15, -0.1) is 11.3 Å². The van der Waals surface area contributed by atoms with E-state index >= 15 is 0 Å². The second-order valence-electron chi connectivity index (χ2n) is 5.32. The average Bonchev–Trinajstić information content (AvgIpc) is 3.00. The quantitative estimate of drug-likeness (QED) is 0.891. The van der Waals surface area contributed by atoms with Crippen molar-refractivity contribution in [1.82, 2.24) is 4.90 Å². The standard InChI is InChI=1S/C16H15N3O3S/c17-14(20)10-3-5-12(6-4-10)18-15(21)11-8-19(9-11)16(22)13-2-1-7-23-13/h1-7,11H,8-9H2,(H2,17,20)(H,18,21). The monoisotopic (exact) mass is 329 g/mol. The zero-order valence-corrected chi connectivity index (χ0v) is 13.0. The number of carbonyl (C=O) groups is 3. The number of hydrogen-bond donors (Lipinski definition) is 2. The van der Waals surface area contributed by atoms with Crippen molar-refractivity contribution in [2.45, 2.75) is 0 Å². The van der Waals surface area contributed by atoms with Crippen LogP contribution in [0.25, 0.3) is 0 Å². The molecule has 2 aromatic rings. The molecule has 0 saturated carbocycles. The molecular formula is C16H15N3O3S. The maximum Gasteiger partial charge on any atom is 0.263 e. The zero-order chi connectivity index (χ0) is 16.4. The number of benzene rings is 1. The summed E-state index contributed by atoms with van der Waals surface area (Å²) < 4.78 is 0. The Morgan fingerprint density at radius 1 is 1.13 bits per heavy atom. The van der Waals surface area contributed by atoms with E-state index in [4.69, 9.17) is 5.73 Å². The van der Waals surface area contributed by atoms with Crippen LogP contribution in [0.2, 0.25) is 0 Å². The first-order valence-electron chi connectivity index (χ1n) is 7.08. The molecule has 0 spiro atoms. The highest BCUT2D eigenvalue weighted by molar-refractivity contribution is 7.12. The van der Waals surface area contributed by atoms with Crippen LogP contribution in [-0.2, 0) is 4.79 Å². The Kier molecular flexibility index (Phi) is 4.12. The predicted molar refractivity (Wildman–Crippen MR) is 87.3 cm³/mol. The number of carbonyl (C=O) groups excluding carboxylic acids is 3. The van der Waals surface area contributed by atoms with E-state index in [2.05, 4.69) is 5.32 Å². The van der Waals surface area contributed by atoms with Crippen LogP contribution < -0.4 is 11.1 Å². The van der Waals surface area contributed by atoms with Crippen molar-refractivity contribution in [1.29, 1.82) is 0 Å². The number of likely N-dealkylation sites (tertiary alicyclic amines) is 1. The van der Waals surface area contributed by atoms with Gasteiger partial charge in [0.1, 0.15) is 0 Å². The smallest absolute Gasteiger partial charge is 0.263 e. The van der Waals surface area contributed by atoms with Gasteiger partial charge in [-0.1, -0.05) is 6.07 Å². The van der Waals surface area contributed by atoms with E-state index in [1.807, 2.05) is 11.4 Å². The fraction of sp³-hybridized carbons (Fsp3) is 0.188. The molecule has 7 heteroatoms. The molecule has 3 N–H and O–H groups in total. The minimum Gasteiger partial charge on any atom is -0.366 e. The lowest BCUT2D eigenvalue weighted by Crippen LogP contribution is -2.54. The molecule has 6 nitrogen and oxygen atoms in total. The number of rotatable bonds is 4. The first-order valence-corrected chi connectivity index (χ1v) is 7.96. The van der Waals surface area contributed by atoms with E-state index in [9.17, 15) is 14.4 Å². The van der Waals surface area contributed by atoms with Crippen molar-refractivity contribution in [3.05, 3.63) is 52.2 Å². The Labute approximate surface area is 136 Å². The van der Waals surface area contributed by atoms with Crippen LogP contribution in [0.1, 0.15) is 20.0 Å². The number of nitrogens with two attached hydrogens (primary N) is 1. The molecule has 1 aromatic heterocycles. The molecule has 3 rings (SSSR count). The predicted octanol–water partition coefficient (Wildman–Crippen LogP) is 1.56. The first-order chi connectivity index (χ1) is 11.0. The van der Waals surface area contributed by atoms with E-state index < -0.39 is 5.91 Å². The molecular weight excluding hydrogens is 314 g/mol. The summed E-state index contributed by atoms with van der Waals surface area (Å²) in [6.45, 7) is 0.837. The van der Waals surface area contributed by atoms with E-state index in [1.165, 1.54) is 11.3 Å². The summed E-state index contributed by atoms with van der Waals surface area (Å²) in [5.41, 5.74) is 6.15. The van der Waals surface area contributed by atoms with Crippen LogP contribution in [0, 0.1) is 5.92 Å². The van der Waals surface area contributed by atoms with Crippen molar-refractivity contribution in [2.24, 2.45) is 11.7 Å². The lowest BCUT2D eigenvalue weighted by Gasteiger charge is -2.37. The molecule has 0 aliphatic carbocycles. The number of nitrogens with one attached hydrogen (secondary N) is 1. The van der Waals surface area contributed by atoms with Gasteiger partial charge in [0.05, 0.1) is 10.8 Å². The normalized spacial score (nSPS) is 14.2. The molecule has 1 fully saturated rings. The minimum absolute atomic E-state index is 0.0325. The Bertz CT molecular complexity index is 734. The van der Waals surface area contributed by atoms with Crippen LogP contribution in [0.15, 0.2) is 41.8 Å². The van der Waals surface area contributed by atoms with Gasteiger partial charge >= 0.3 is 0 Å². The average molecular weight is 329 g/mol. The molecule has 0 unspecified atom stereocenters. The summed E-state index contributed by atoms with van der Waals surface area (Å²) in [6, 6.07) is 9.99. The topological polar surface area (TPSA) is 92.5 Å². The van der Waals surface area contributed by atoms with Gasteiger partial charge < -0.3 is 16.0 Å². The lowest BCUT2D eigenvalue weighted by molar-refractivity contribution is -0.123. The molecule has 1 aliphatic rings. The number of anilines is 1. The van der Waals surface area contributed by atoms with Gasteiger partial charge in [-0.2, -0.15) is 0 Å².